The maximum absolute atomic E-state index is 3.74. The third kappa shape index (κ3) is 3.44. The highest BCUT2D eigenvalue weighted by molar-refractivity contribution is 5.40. The zero-order valence-corrected chi connectivity index (χ0v) is 8.45. The molecule has 0 aromatic carbocycles. The molecule has 1 aliphatic carbocycles. The molecule has 1 aliphatic rings. The highest BCUT2D eigenvalue weighted by Gasteiger charge is 1.91. The third-order valence-electron chi connectivity index (χ3n) is 2.04. The Morgan fingerprint density at radius 3 is 2.71 bits per heavy atom. The van der Waals surface area contributed by atoms with Crippen LogP contribution >= 0.6 is 0 Å². The summed E-state index contributed by atoms with van der Waals surface area (Å²) in [5.74, 6) is 0. The van der Waals surface area contributed by atoms with E-state index in [1.54, 1.807) is 6.08 Å². The molecule has 0 unspecified atom stereocenters. The lowest BCUT2D eigenvalue weighted by Crippen LogP contribution is -1.80. The van der Waals surface area contributed by atoms with Crippen molar-refractivity contribution in [1.82, 2.24) is 0 Å². The van der Waals surface area contributed by atoms with Crippen molar-refractivity contribution in [3.8, 4) is 0 Å². The second kappa shape index (κ2) is 5.98. The Labute approximate surface area is 86.3 Å². The molecule has 0 radical (unpaired) electrons. The molecule has 0 heteroatoms. The van der Waals surface area contributed by atoms with E-state index in [-0.39, 0.29) is 0 Å². The summed E-state index contributed by atoms with van der Waals surface area (Å²) in [5, 5.41) is 0. The third-order valence-corrected chi connectivity index (χ3v) is 2.04. The fourth-order valence-corrected chi connectivity index (χ4v) is 1.28. The quantitative estimate of drug-likeness (QED) is 0.576. The molecule has 1 rings (SSSR count). The van der Waals surface area contributed by atoms with Gasteiger partial charge in [-0.15, -0.1) is 0 Å². The SMILES string of the molecule is C=C/C=C(C=C)/C=C/C1=CCCC=C1. The molecule has 0 saturated heterocycles. The second-order valence-electron chi connectivity index (χ2n) is 3.12. The molecule has 72 valence electrons. The Balaban J connectivity index is 2.66. The van der Waals surface area contributed by atoms with E-state index < -0.39 is 0 Å². The van der Waals surface area contributed by atoms with Crippen LogP contribution in [0.15, 0.2) is 72.9 Å². The monoisotopic (exact) mass is 184 g/mol. The van der Waals surface area contributed by atoms with Gasteiger partial charge in [-0.1, -0.05) is 61.8 Å². The van der Waals surface area contributed by atoms with E-state index in [1.165, 1.54) is 5.57 Å². The zero-order valence-electron chi connectivity index (χ0n) is 8.45. The molecule has 0 fully saturated rings. The lowest BCUT2D eigenvalue weighted by atomic mass is 10.1. The van der Waals surface area contributed by atoms with Gasteiger partial charge in [-0.2, -0.15) is 0 Å². The van der Waals surface area contributed by atoms with E-state index in [1.807, 2.05) is 12.2 Å². The van der Waals surface area contributed by atoms with Gasteiger partial charge in [0.1, 0.15) is 0 Å². The van der Waals surface area contributed by atoms with Crippen LogP contribution in [0.4, 0.5) is 0 Å². The molecule has 0 saturated carbocycles. The van der Waals surface area contributed by atoms with Crippen molar-refractivity contribution in [2.24, 2.45) is 0 Å². The average molecular weight is 184 g/mol. The van der Waals surface area contributed by atoms with Gasteiger partial charge in [0, 0.05) is 0 Å². The van der Waals surface area contributed by atoms with Gasteiger partial charge >= 0.3 is 0 Å². The first-order valence-electron chi connectivity index (χ1n) is 4.87. The van der Waals surface area contributed by atoms with E-state index in [2.05, 4.69) is 43.5 Å². The summed E-state index contributed by atoms with van der Waals surface area (Å²) in [6, 6.07) is 0. The van der Waals surface area contributed by atoms with Gasteiger partial charge in [0.2, 0.25) is 0 Å². The summed E-state index contributed by atoms with van der Waals surface area (Å²) in [4.78, 5) is 0. The Kier molecular flexibility index (Phi) is 4.49. The van der Waals surface area contributed by atoms with Gasteiger partial charge in [0.15, 0.2) is 0 Å². The van der Waals surface area contributed by atoms with Gasteiger partial charge < -0.3 is 0 Å². The van der Waals surface area contributed by atoms with Gasteiger partial charge in [-0.25, -0.2) is 0 Å². The van der Waals surface area contributed by atoms with Crippen LogP contribution in [0.3, 0.4) is 0 Å². The predicted octanol–water partition coefficient (Wildman–Crippen LogP) is 4.12. The summed E-state index contributed by atoms with van der Waals surface area (Å²) < 4.78 is 0. The fourth-order valence-electron chi connectivity index (χ4n) is 1.28. The first-order valence-corrected chi connectivity index (χ1v) is 4.87. The standard InChI is InChI=1S/C14H16/c1-3-8-13(4-2)11-12-14-9-6-5-7-10-14/h3-4,6,8-12H,1-2,5,7H2/b12-11+,13-8+. The lowest BCUT2D eigenvalue weighted by Gasteiger charge is -2.00. The number of hydrogen-bond donors (Lipinski definition) is 0. The topological polar surface area (TPSA) is 0 Å². The van der Waals surface area contributed by atoms with Crippen LogP contribution < -0.4 is 0 Å². The summed E-state index contributed by atoms with van der Waals surface area (Å²) >= 11 is 0. The molecular weight excluding hydrogens is 168 g/mol. The minimum atomic E-state index is 1.08. The van der Waals surface area contributed by atoms with E-state index in [4.69, 9.17) is 0 Å². The molecule has 0 nitrogen and oxygen atoms in total. The summed E-state index contributed by atoms with van der Waals surface area (Å²) in [7, 11) is 0. The molecular formula is C14H16. The highest BCUT2D eigenvalue weighted by Crippen LogP contribution is 2.11. The average Bonchev–Trinajstić information content (AvgIpc) is 2.25. The Morgan fingerprint density at radius 2 is 2.14 bits per heavy atom. The van der Waals surface area contributed by atoms with Crippen LogP contribution in [-0.4, -0.2) is 0 Å². The van der Waals surface area contributed by atoms with Crippen molar-refractivity contribution in [2.75, 3.05) is 0 Å². The van der Waals surface area contributed by atoms with E-state index >= 15 is 0 Å². The molecule has 14 heavy (non-hydrogen) atoms. The van der Waals surface area contributed by atoms with Crippen LogP contribution in [0, 0.1) is 0 Å². The Hall–Kier alpha value is -1.56. The highest BCUT2D eigenvalue weighted by atomic mass is 14.0. The molecule has 0 amide bonds. The van der Waals surface area contributed by atoms with E-state index in [0.29, 0.717) is 0 Å². The molecule has 0 aromatic rings. The van der Waals surface area contributed by atoms with Crippen molar-refractivity contribution < 1.29 is 0 Å². The van der Waals surface area contributed by atoms with E-state index in [0.717, 1.165) is 18.4 Å². The van der Waals surface area contributed by atoms with E-state index in [9.17, 15) is 0 Å². The second-order valence-corrected chi connectivity index (χ2v) is 3.12. The molecule has 0 spiro atoms. The summed E-state index contributed by atoms with van der Waals surface area (Å²) in [6.45, 7) is 7.40. The molecule has 0 aromatic heterocycles. The summed E-state index contributed by atoms with van der Waals surface area (Å²) in [6.07, 6.45) is 18.6. The first-order chi connectivity index (χ1) is 6.86. The first kappa shape index (κ1) is 10.5. The van der Waals surface area contributed by atoms with Crippen LogP contribution in [0.25, 0.3) is 0 Å². The molecule has 0 aliphatic heterocycles. The van der Waals surface area contributed by atoms with Crippen LogP contribution in [0.5, 0.6) is 0 Å². The Morgan fingerprint density at radius 1 is 1.29 bits per heavy atom. The van der Waals surface area contributed by atoms with Crippen LogP contribution in [0.2, 0.25) is 0 Å². The molecule has 0 N–H and O–H groups in total. The van der Waals surface area contributed by atoms with Crippen molar-refractivity contribution in [3.63, 3.8) is 0 Å². The number of allylic oxidation sites excluding steroid dienone is 10. The smallest absolute Gasteiger partial charge is 0.0263 e. The van der Waals surface area contributed by atoms with Gasteiger partial charge in [0.25, 0.3) is 0 Å². The lowest BCUT2D eigenvalue weighted by molar-refractivity contribution is 1.02. The number of rotatable bonds is 4. The fraction of sp³-hybridized carbons (Fsp3) is 0.143. The molecule has 0 heterocycles. The van der Waals surface area contributed by atoms with Gasteiger partial charge in [-0.05, 0) is 24.0 Å². The minimum absolute atomic E-state index is 1.08. The normalized spacial score (nSPS) is 16.9. The minimum Gasteiger partial charge on any atom is -0.0990 e. The van der Waals surface area contributed by atoms with Crippen LogP contribution in [0.1, 0.15) is 12.8 Å². The molecule has 0 atom stereocenters. The summed E-state index contributed by atoms with van der Waals surface area (Å²) in [5.41, 5.74) is 2.35. The maximum Gasteiger partial charge on any atom is -0.0263 e. The maximum atomic E-state index is 3.74. The molecule has 0 bridgehead atoms. The van der Waals surface area contributed by atoms with Crippen LogP contribution in [-0.2, 0) is 0 Å². The van der Waals surface area contributed by atoms with Crippen molar-refractivity contribution >= 4 is 0 Å². The van der Waals surface area contributed by atoms with Gasteiger partial charge in [0.05, 0.1) is 0 Å². The van der Waals surface area contributed by atoms with Crippen molar-refractivity contribution in [3.05, 3.63) is 72.9 Å². The largest absolute Gasteiger partial charge is 0.0990 e. The predicted molar refractivity (Wildman–Crippen MR) is 64.1 cm³/mol. The van der Waals surface area contributed by atoms with Crippen molar-refractivity contribution in [2.45, 2.75) is 12.8 Å². The Bertz CT molecular complexity index is 322. The van der Waals surface area contributed by atoms with Gasteiger partial charge in [-0.3, -0.25) is 0 Å². The number of hydrogen-bond acceptors (Lipinski definition) is 0. The van der Waals surface area contributed by atoms with Crippen molar-refractivity contribution in [1.29, 1.82) is 0 Å². The zero-order chi connectivity index (χ0) is 10.2.